The molecule has 39 heavy (non-hydrogen) atoms. The van der Waals surface area contributed by atoms with Gasteiger partial charge in [0, 0.05) is 10.9 Å². The molecule has 2 N–H and O–H groups in total. The van der Waals surface area contributed by atoms with Crippen molar-refractivity contribution in [1.29, 1.82) is 0 Å². The van der Waals surface area contributed by atoms with Crippen molar-refractivity contribution in [2.45, 2.75) is 26.3 Å². The van der Waals surface area contributed by atoms with Crippen LogP contribution in [0.2, 0.25) is 0 Å². The van der Waals surface area contributed by atoms with E-state index in [1.807, 2.05) is 43.3 Å². The molecule has 0 radical (unpaired) electrons. The number of fused-ring (bicyclic) bond motifs is 1. The van der Waals surface area contributed by atoms with Gasteiger partial charge >= 0.3 is 0 Å². The summed E-state index contributed by atoms with van der Waals surface area (Å²) in [6.07, 6.45) is 0.857. The molecule has 4 aromatic rings. The summed E-state index contributed by atoms with van der Waals surface area (Å²) in [5.41, 5.74) is 1.37. The van der Waals surface area contributed by atoms with E-state index < -0.39 is 17.7 Å². The standard InChI is InChI=1S/C32H29NO6/c1-3-18-39-23-15-12-21(13-16-23)30(35)28-29(22-14-17-26(34)27(19-22)38-4-2)33(32(37)31(28)36)25-11-7-9-20-8-5-6-10-24(20)25/h5-17,19,29,34-35H,3-4,18H2,1-2H3/b30-28+. The first-order chi connectivity index (χ1) is 18.9. The summed E-state index contributed by atoms with van der Waals surface area (Å²) in [5, 5.41) is 23.5. The smallest absolute Gasteiger partial charge is 0.300 e. The number of Topliss-reactive ketones (excluding diaryl/α,β-unsaturated/α-hetero) is 1. The summed E-state index contributed by atoms with van der Waals surface area (Å²) in [6.45, 7) is 4.68. The van der Waals surface area contributed by atoms with Crippen LogP contribution in [-0.2, 0) is 9.59 Å². The van der Waals surface area contributed by atoms with Crippen molar-refractivity contribution in [3.05, 3.63) is 102 Å². The number of phenols is 1. The van der Waals surface area contributed by atoms with Gasteiger partial charge in [0.2, 0.25) is 0 Å². The number of aliphatic hydroxyl groups is 1. The number of ketones is 1. The Labute approximate surface area is 226 Å². The Morgan fingerprint density at radius 2 is 1.64 bits per heavy atom. The van der Waals surface area contributed by atoms with Gasteiger partial charge in [-0.05, 0) is 66.8 Å². The second kappa shape index (κ2) is 10.9. The number of aliphatic hydroxyl groups excluding tert-OH is 1. The largest absolute Gasteiger partial charge is 0.507 e. The number of ether oxygens (including phenoxy) is 2. The van der Waals surface area contributed by atoms with Gasteiger partial charge in [0.15, 0.2) is 11.5 Å². The topological polar surface area (TPSA) is 96.3 Å². The molecule has 0 spiro atoms. The number of aromatic hydroxyl groups is 1. The van der Waals surface area contributed by atoms with Crippen LogP contribution >= 0.6 is 0 Å². The molecule has 1 heterocycles. The molecule has 7 heteroatoms. The second-order valence-corrected chi connectivity index (χ2v) is 9.20. The molecule has 1 amide bonds. The van der Waals surface area contributed by atoms with Gasteiger partial charge in [0.1, 0.15) is 11.5 Å². The van der Waals surface area contributed by atoms with Crippen molar-refractivity contribution >= 4 is 33.9 Å². The molecule has 198 valence electrons. The highest BCUT2D eigenvalue weighted by atomic mass is 16.5. The van der Waals surface area contributed by atoms with Gasteiger partial charge in [-0.2, -0.15) is 0 Å². The monoisotopic (exact) mass is 523 g/mol. The third-order valence-electron chi connectivity index (χ3n) is 6.67. The van der Waals surface area contributed by atoms with Crippen LogP contribution in [-0.4, -0.2) is 35.1 Å². The number of benzene rings is 4. The zero-order valence-corrected chi connectivity index (χ0v) is 21.8. The Balaban J connectivity index is 1.71. The predicted octanol–water partition coefficient (Wildman–Crippen LogP) is 6.36. The lowest BCUT2D eigenvalue weighted by Gasteiger charge is -2.27. The van der Waals surface area contributed by atoms with E-state index in [0.717, 1.165) is 17.2 Å². The maximum atomic E-state index is 13.7. The van der Waals surface area contributed by atoms with E-state index in [-0.39, 0.29) is 22.8 Å². The number of nitrogens with zero attached hydrogens (tertiary/aromatic N) is 1. The number of carbonyl (C=O) groups is 2. The maximum Gasteiger partial charge on any atom is 0.300 e. The SMILES string of the molecule is CCCOc1ccc(/C(O)=C2\C(=O)C(=O)N(c3cccc4ccccc34)C2c2ccc(O)c(OCC)c2)cc1. The minimum absolute atomic E-state index is 0.0525. The second-order valence-electron chi connectivity index (χ2n) is 9.20. The lowest BCUT2D eigenvalue weighted by Crippen LogP contribution is -2.29. The van der Waals surface area contributed by atoms with Crippen molar-refractivity contribution in [3.8, 4) is 17.2 Å². The number of rotatable bonds is 8. The van der Waals surface area contributed by atoms with Crippen LogP contribution in [0.15, 0.2) is 90.5 Å². The highest BCUT2D eigenvalue weighted by Gasteiger charge is 2.47. The molecular weight excluding hydrogens is 494 g/mol. The minimum Gasteiger partial charge on any atom is -0.507 e. The van der Waals surface area contributed by atoms with Gasteiger partial charge in [-0.25, -0.2) is 0 Å². The molecule has 0 saturated carbocycles. The first-order valence-corrected chi connectivity index (χ1v) is 12.9. The fourth-order valence-corrected chi connectivity index (χ4v) is 4.87. The highest BCUT2D eigenvalue weighted by molar-refractivity contribution is 6.52. The van der Waals surface area contributed by atoms with E-state index in [0.29, 0.717) is 35.8 Å². The molecule has 1 aliphatic rings. The Kier molecular flexibility index (Phi) is 7.23. The first-order valence-electron chi connectivity index (χ1n) is 12.9. The van der Waals surface area contributed by atoms with Crippen LogP contribution in [0.25, 0.3) is 16.5 Å². The summed E-state index contributed by atoms with van der Waals surface area (Å²) in [5.74, 6) is -1.06. The van der Waals surface area contributed by atoms with E-state index >= 15 is 0 Å². The highest BCUT2D eigenvalue weighted by Crippen LogP contribution is 2.45. The quantitative estimate of drug-likeness (QED) is 0.159. The van der Waals surface area contributed by atoms with Crippen LogP contribution in [0.1, 0.15) is 37.4 Å². The molecule has 1 fully saturated rings. The van der Waals surface area contributed by atoms with Crippen LogP contribution in [0.3, 0.4) is 0 Å². The molecule has 1 unspecified atom stereocenters. The number of anilines is 1. The Hall–Kier alpha value is -4.78. The van der Waals surface area contributed by atoms with Crippen LogP contribution in [0, 0.1) is 0 Å². The van der Waals surface area contributed by atoms with E-state index in [9.17, 15) is 19.8 Å². The molecule has 1 saturated heterocycles. The molecular formula is C32H29NO6. The Morgan fingerprint density at radius 3 is 2.38 bits per heavy atom. The van der Waals surface area contributed by atoms with E-state index in [4.69, 9.17) is 9.47 Å². The van der Waals surface area contributed by atoms with Crippen LogP contribution in [0.5, 0.6) is 17.2 Å². The Morgan fingerprint density at radius 1 is 0.897 bits per heavy atom. The average molecular weight is 524 g/mol. The van der Waals surface area contributed by atoms with Gasteiger partial charge in [-0.1, -0.05) is 49.4 Å². The summed E-state index contributed by atoms with van der Waals surface area (Å²) in [4.78, 5) is 28.7. The molecule has 0 aromatic heterocycles. The molecule has 1 aliphatic heterocycles. The molecule has 4 aromatic carbocycles. The number of phenolic OH excluding ortho intramolecular Hbond substituents is 1. The van der Waals surface area contributed by atoms with Crippen molar-refractivity contribution in [2.75, 3.05) is 18.1 Å². The number of amides is 1. The summed E-state index contributed by atoms with van der Waals surface area (Å²) in [7, 11) is 0. The Bertz CT molecular complexity index is 1570. The lowest BCUT2D eigenvalue weighted by atomic mass is 9.94. The number of hydrogen-bond donors (Lipinski definition) is 2. The van der Waals surface area contributed by atoms with Gasteiger partial charge in [-0.15, -0.1) is 0 Å². The van der Waals surface area contributed by atoms with E-state index in [1.165, 1.54) is 11.0 Å². The van der Waals surface area contributed by atoms with Gasteiger partial charge < -0.3 is 19.7 Å². The molecule has 0 bridgehead atoms. The third-order valence-corrected chi connectivity index (χ3v) is 6.67. The zero-order chi connectivity index (χ0) is 27.5. The first kappa shape index (κ1) is 25.9. The van der Waals surface area contributed by atoms with Crippen LogP contribution in [0.4, 0.5) is 5.69 Å². The minimum atomic E-state index is -0.966. The van der Waals surface area contributed by atoms with Crippen molar-refractivity contribution < 1.29 is 29.3 Å². The molecule has 7 nitrogen and oxygen atoms in total. The average Bonchev–Trinajstić information content (AvgIpc) is 3.22. The van der Waals surface area contributed by atoms with Crippen molar-refractivity contribution in [3.63, 3.8) is 0 Å². The van der Waals surface area contributed by atoms with Gasteiger partial charge in [-0.3, -0.25) is 14.5 Å². The molecule has 1 atom stereocenters. The summed E-state index contributed by atoms with van der Waals surface area (Å²) < 4.78 is 11.2. The third kappa shape index (κ3) is 4.79. The fourth-order valence-electron chi connectivity index (χ4n) is 4.87. The maximum absolute atomic E-state index is 13.7. The molecule has 5 rings (SSSR count). The zero-order valence-electron chi connectivity index (χ0n) is 21.8. The lowest BCUT2D eigenvalue weighted by molar-refractivity contribution is -0.132. The fraction of sp³-hybridized carbons (Fsp3) is 0.188. The van der Waals surface area contributed by atoms with Gasteiger partial charge in [0.05, 0.1) is 30.5 Å². The molecule has 0 aliphatic carbocycles. The van der Waals surface area contributed by atoms with E-state index in [1.54, 1.807) is 49.4 Å². The summed E-state index contributed by atoms with van der Waals surface area (Å²) in [6, 6.07) is 23.6. The number of hydrogen-bond acceptors (Lipinski definition) is 6. The predicted molar refractivity (Wildman–Crippen MR) is 150 cm³/mol. The van der Waals surface area contributed by atoms with Crippen molar-refractivity contribution in [1.82, 2.24) is 0 Å². The summed E-state index contributed by atoms with van der Waals surface area (Å²) >= 11 is 0. The van der Waals surface area contributed by atoms with Gasteiger partial charge in [0.25, 0.3) is 11.7 Å². The van der Waals surface area contributed by atoms with Crippen molar-refractivity contribution in [2.24, 2.45) is 0 Å². The van der Waals surface area contributed by atoms with Crippen LogP contribution < -0.4 is 14.4 Å². The number of carbonyl (C=O) groups excluding carboxylic acids is 2. The van der Waals surface area contributed by atoms with E-state index in [2.05, 4.69) is 0 Å². The normalized spacial score (nSPS) is 16.6.